The van der Waals surface area contributed by atoms with Crippen LogP contribution in [0.3, 0.4) is 0 Å². The number of allylic oxidation sites excluding steroid dienone is 4. The van der Waals surface area contributed by atoms with Crippen molar-refractivity contribution in [2.75, 3.05) is 0 Å². The molecule has 1 aromatic rings. The zero-order valence-electron chi connectivity index (χ0n) is 13.2. The third-order valence-electron chi connectivity index (χ3n) is 2.45. The zero-order valence-corrected chi connectivity index (χ0v) is 14.7. The van der Waals surface area contributed by atoms with Gasteiger partial charge in [-0.05, 0) is 17.2 Å². The van der Waals surface area contributed by atoms with Gasteiger partial charge in [0.1, 0.15) is 0 Å². The van der Waals surface area contributed by atoms with Crippen LogP contribution in [-0.2, 0) is 0 Å². The minimum Gasteiger partial charge on any atom is -0.0991 e. The van der Waals surface area contributed by atoms with Crippen LogP contribution in [0.25, 0.3) is 0 Å². The summed E-state index contributed by atoms with van der Waals surface area (Å²) in [6.07, 6.45) is 3.57. The lowest BCUT2D eigenvalue weighted by atomic mass is 9.92. The van der Waals surface area contributed by atoms with Gasteiger partial charge in [0, 0.05) is 16.0 Å². The molecule has 1 unspecified atom stereocenters. The normalized spacial score (nSPS) is 11.2. The van der Waals surface area contributed by atoms with Gasteiger partial charge in [-0.1, -0.05) is 101 Å². The summed E-state index contributed by atoms with van der Waals surface area (Å²) in [4.78, 5) is 0. The number of halogens is 2. The average molecular weight is 313 g/mol. The third kappa shape index (κ3) is 6.98. The van der Waals surface area contributed by atoms with Crippen molar-refractivity contribution < 1.29 is 0 Å². The molecule has 1 aromatic carbocycles. The summed E-state index contributed by atoms with van der Waals surface area (Å²) in [5.41, 5.74) is 1.98. The maximum absolute atomic E-state index is 6.14. The highest BCUT2D eigenvalue weighted by Crippen LogP contribution is 2.33. The van der Waals surface area contributed by atoms with E-state index in [1.54, 1.807) is 6.08 Å². The molecule has 20 heavy (non-hydrogen) atoms. The molecule has 0 bridgehead atoms. The van der Waals surface area contributed by atoms with E-state index in [0.717, 1.165) is 16.2 Å². The van der Waals surface area contributed by atoms with Crippen LogP contribution in [0.4, 0.5) is 0 Å². The van der Waals surface area contributed by atoms with Crippen LogP contribution in [0, 0.1) is 0 Å². The summed E-state index contributed by atoms with van der Waals surface area (Å²) < 4.78 is 0. The van der Waals surface area contributed by atoms with E-state index in [9.17, 15) is 0 Å². The van der Waals surface area contributed by atoms with Gasteiger partial charge in [-0.3, -0.25) is 0 Å². The average Bonchev–Trinajstić information content (AvgIpc) is 2.48. The lowest BCUT2D eigenvalue weighted by Crippen LogP contribution is -1.99. The summed E-state index contributed by atoms with van der Waals surface area (Å²) >= 11 is 12.1. The molecule has 0 aliphatic carbocycles. The SMILES string of the molecule is C=C/C=C(\C(=C)Cl)C(C)c1ccccc1Cl.CC.CC. The van der Waals surface area contributed by atoms with E-state index in [0.29, 0.717) is 5.03 Å². The third-order valence-corrected chi connectivity index (χ3v) is 3.01. The first-order chi connectivity index (χ1) is 9.57. The van der Waals surface area contributed by atoms with Gasteiger partial charge in [0.05, 0.1) is 0 Å². The molecule has 0 N–H and O–H groups in total. The summed E-state index contributed by atoms with van der Waals surface area (Å²) in [5, 5.41) is 1.26. The quantitative estimate of drug-likeness (QED) is 0.509. The topological polar surface area (TPSA) is 0 Å². The van der Waals surface area contributed by atoms with Gasteiger partial charge >= 0.3 is 0 Å². The fourth-order valence-corrected chi connectivity index (χ4v) is 2.12. The highest BCUT2D eigenvalue weighted by molar-refractivity contribution is 6.32. The van der Waals surface area contributed by atoms with Crippen molar-refractivity contribution in [2.24, 2.45) is 0 Å². The molecule has 0 fully saturated rings. The van der Waals surface area contributed by atoms with E-state index < -0.39 is 0 Å². The number of hydrogen-bond acceptors (Lipinski definition) is 0. The van der Waals surface area contributed by atoms with Crippen molar-refractivity contribution in [3.05, 3.63) is 70.8 Å². The van der Waals surface area contributed by atoms with E-state index in [4.69, 9.17) is 23.2 Å². The molecule has 0 saturated carbocycles. The van der Waals surface area contributed by atoms with Crippen molar-refractivity contribution in [1.82, 2.24) is 0 Å². The molecular weight excluding hydrogens is 287 g/mol. The smallest absolute Gasteiger partial charge is 0.0444 e. The van der Waals surface area contributed by atoms with Crippen LogP contribution >= 0.6 is 23.2 Å². The largest absolute Gasteiger partial charge is 0.0991 e. The lowest BCUT2D eigenvalue weighted by molar-refractivity contribution is 0.918. The molecule has 112 valence electrons. The van der Waals surface area contributed by atoms with Crippen LogP contribution in [0.1, 0.15) is 46.1 Å². The first kappa shape index (κ1) is 21.3. The van der Waals surface area contributed by atoms with E-state index >= 15 is 0 Å². The Bertz CT molecular complexity index is 431. The van der Waals surface area contributed by atoms with E-state index in [1.807, 2.05) is 65.0 Å². The van der Waals surface area contributed by atoms with E-state index in [2.05, 4.69) is 13.2 Å². The molecule has 0 aliphatic rings. The number of hydrogen-bond donors (Lipinski definition) is 0. The van der Waals surface area contributed by atoms with Crippen molar-refractivity contribution in [3.63, 3.8) is 0 Å². The molecule has 0 saturated heterocycles. The van der Waals surface area contributed by atoms with Gasteiger partial charge in [0.25, 0.3) is 0 Å². The van der Waals surface area contributed by atoms with Crippen molar-refractivity contribution >= 4 is 23.2 Å². The fourth-order valence-electron chi connectivity index (χ4n) is 1.59. The molecule has 0 aromatic heterocycles. The molecule has 0 spiro atoms. The number of rotatable bonds is 4. The van der Waals surface area contributed by atoms with Gasteiger partial charge in [0.2, 0.25) is 0 Å². The van der Waals surface area contributed by atoms with Gasteiger partial charge in [-0.25, -0.2) is 0 Å². The molecular formula is C18H26Cl2. The Labute approximate surface area is 134 Å². The summed E-state index contributed by atoms with van der Waals surface area (Å²) in [5.74, 6) is 0.108. The molecule has 0 nitrogen and oxygen atoms in total. The predicted octanol–water partition coefficient (Wildman–Crippen LogP) is 7.36. The lowest BCUT2D eigenvalue weighted by Gasteiger charge is -2.16. The van der Waals surface area contributed by atoms with Crippen LogP contribution in [0.2, 0.25) is 5.02 Å². The fraction of sp³-hybridized carbons (Fsp3) is 0.333. The van der Waals surface area contributed by atoms with Gasteiger partial charge in [0.15, 0.2) is 0 Å². The molecule has 0 aliphatic heterocycles. The Morgan fingerprint density at radius 1 is 1.15 bits per heavy atom. The van der Waals surface area contributed by atoms with E-state index in [-0.39, 0.29) is 5.92 Å². The Kier molecular flexibility index (Phi) is 13.9. The van der Waals surface area contributed by atoms with Crippen molar-refractivity contribution in [1.29, 1.82) is 0 Å². The maximum Gasteiger partial charge on any atom is 0.0444 e. The molecule has 0 heterocycles. The predicted molar refractivity (Wildman–Crippen MR) is 95.8 cm³/mol. The Balaban J connectivity index is 0. The number of benzene rings is 1. The van der Waals surface area contributed by atoms with Crippen LogP contribution < -0.4 is 0 Å². The van der Waals surface area contributed by atoms with Crippen LogP contribution in [-0.4, -0.2) is 0 Å². The maximum atomic E-state index is 6.14. The second-order valence-corrected chi connectivity index (χ2v) is 4.37. The zero-order chi connectivity index (χ0) is 16.1. The standard InChI is InChI=1S/C14H14Cl2.2C2H6/c1-4-7-12(11(3)15)10(2)13-8-5-6-9-14(13)16;2*1-2/h4-10H,1,3H2,2H3;2*1-2H3/b12-7-;;. The van der Waals surface area contributed by atoms with Crippen LogP contribution in [0.15, 0.2) is 60.2 Å². The minimum atomic E-state index is 0.108. The first-order valence-electron chi connectivity index (χ1n) is 6.99. The Morgan fingerprint density at radius 2 is 1.65 bits per heavy atom. The summed E-state index contributed by atoms with van der Waals surface area (Å²) in [6.45, 7) is 17.5. The molecule has 0 radical (unpaired) electrons. The minimum absolute atomic E-state index is 0.108. The van der Waals surface area contributed by atoms with Gasteiger partial charge < -0.3 is 0 Å². The summed E-state index contributed by atoms with van der Waals surface area (Å²) in [6, 6.07) is 7.73. The van der Waals surface area contributed by atoms with Crippen molar-refractivity contribution in [3.8, 4) is 0 Å². The first-order valence-corrected chi connectivity index (χ1v) is 7.75. The highest BCUT2D eigenvalue weighted by Gasteiger charge is 2.14. The highest BCUT2D eigenvalue weighted by atomic mass is 35.5. The second-order valence-electron chi connectivity index (χ2n) is 3.51. The Morgan fingerprint density at radius 3 is 2.05 bits per heavy atom. The van der Waals surface area contributed by atoms with Gasteiger partial charge in [-0.15, -0.1) is 0 Å². The molecule has 2 heteroatoms. The van der Waals surface area contributed by atoms with Gasteiger partial charge in [-0.2, -0.15) is 0 Å². The second kappa shape index (κ2) is 13.0. The molecule has 0 amide bonds. The van der Waals surface area contributed by atoms with E-state index in [1.165, 1.54) is 0 Å². The molecule has 1 rings (SSSR count). The summed E-state index contributed by atoms with van der Waals surface area (Å²) in [7, 11) is 0. The van der Waals surface area contributed by atoms with Crippen LogP contribution in [0.5, 0.6) is 0 Å². The monoisotopic (exact) mass is 312 g/mol. The van der Waals surface area contributed by atoms with Crippen molar-refractivity contribution in [2.45, 2.75) is 40.5 Å². The molecule has 1 atom stereocenters. The Hall–Kier alpha value is -0.980.